The summed E-state index contributed by atoms with van der Waals surface area (Å²) in [5, 5.41) is 23.9. The standard InChI is InChI=1S/C22H24N4O5/c1-14(27)19(26-22(30)31-13-15-7-3-2-4-8-15)21(29)25-18(20(24)28)11-16-9-5-6-10-17(16)12-23/h2-10,14,18-19,27H,11,13H2,1H3,(H2,24,28)(H,25,29)(H,26,30)/t14-,18-,19+/m1/s1. The van der Waals surface area contributed by atoms with Crippen molar-refractivity contribution in [3.63, 3.8) is 0 Å². The van der Waals surface area contributed by atoms with Gasteiger partial charge in [-0.15, -0.1) is 0 Å². The zero-order valence-electron chi connectivity index (χ0n) is 16.9. The van der Waals surface area contributed by atoms with E-state index in [1.54, 1.807) is 48.5 Å². The Kier molecular flexibility index (Phi) is 8.54. The van der Waals surface area contributed by atoms with Gasteiger partial charge < -0.3 is 26.2 Å². The van der Waals surface area contributed by atoms with E-state index in [1.165, 1.54) is 6.92 Å². The molecule has 162 valence electrons. The number of nitrogens with one attached hydrogen (secondary N) is 2. The SMILES string of the molecule is C[C@@H](O)[C@H](NC(=O)OCc1ccccc1)C(=O)N[C@H](Cc1ccccc1C#N)C(N)=O. The summed E-state index contributed by atoms with van der Waals surface area (Å²) >= 11 is 0. The molecular weight excluding hydrogens is 400 g/mol. The van der Waals surface area contributed by atoms with Gasteiger partial charge in [-0.1, -0.05) is 48.5 Å². The van der Waals surface area contributed by atoms with Crippen molar-refractivity contribution in [3.05, 3.63) is 71.3 Å². The molecule has 2 aromatic rings. The first kappa shape index (κ1) is 23.4. The fourth-order valence-corrected chi connectivity index (χ4v) is 2.81. The maximum absolute atomic E-state index is 12.6. The van der Waals surface area contributed by atoms with Crippen molar-refractivity contribution in [1.82, 2.24) is 10.6 Å². The molecule has 0 aromatic heterocycles. The molecule has 0 spiro atoms. The third-order valence-electron chi connectivity index (χ3n) is 4.47. The van der Waals surface area contributed by atoms with Crippen molar-refractivity contribution in [2.24, 2.45) is 5.73 Å². The van der Waals surface area contributed by atoms with Crippen LogP contribution in [0.2, 0.25) is 0 Å². The Bertz CT molecular complexity index is 956. The Hall–Kier alpha value is -3.90. The molecule has 0 aliphatic heterocycles. The number of carbonyl (C=O) groups excluding carboxylic acids is 3. The first-order valence-electron chi connectivity index (χ1n) is 9.54. The highest BCUT2D eigenvalue weighted by Crippen LogP contribution is 2.11. The molecule has 9 nitrogen and oxygen atoms in total. The van der Waals surface area contributed by atoms with Crippen molar-refractivity contribution in [3.8, 4) is 6.07 Å². The number of alkyl carbamates (subject to hydrolysis) is 1. The highest BCUT2D eigenvalue weighted by Gasteiger charge is 2.30. The lowest BCUT2D eigenvalue weighted by Crippen LogP contribution is -2.57. The van der Waals surface area contributed by atoms with Crippen LogP contribution in [0.5, 0.6) is 0 Å². The van der Waals surface area contributed by atoms with Gasteiger partial charge in [-0.2, -0.15) is 5.26 Å². The molecule has 3 amide bonds. The number of rotatable bonds is 9. The van der Waals surface area contributed by atoms with E-state index in [1.807, 2.05) is 12.1 Å². The van der Waals surface area contributed by atoms with E-state index in [4.69, 9.17) is 10.5 Å². The van der Waals surface area contributed by atoms with E-state index >= 15 is 0 Å². The normalized spacial score (nSPS) is 13.2. The number of carbonyl (C=O) groups is 3. The third-order valence-corrected chi connectivity index (χ3v) is 4.47. The number of aliphatic hydroxyl groups excluding tert-OH is 1. The van der Waals surface area contributed by atoms with Crippen LogP contribution in [0.15, 0.2) is 54.6 Å². The Morgan fingerprint density at radius 3 is 2.35 bits per heavy atom. The number of hydrogen-bond donors (Lipinski definition) is 4. The predicted octanol–water partition coefficient (Wildman–Crippen LogP) is 0.747. The number of benzene rings is 2. The van der Waals surface area contributed by atoms with Gasteiger partial charge in [0.15, 0.2) is 0 Å². The zero-order valence-corrected chi connectivity index (χ0v) is 16.9. The highest BCUT2D eigenvalue weighted by molar-refractivity contribution is 5.91. The maximum Gasteiger partial charge on any atom is 0.408 e. The van der Waals surface area contributed by atoms with Crippen LogP contribution in [0.4, 0.5) is 4.79 Å². The van der Waals surface area contributed by atoms with Crippen LogP contribution in [0.3, 0.4) is 0 Å². The second kappa shape index (κ2) is 11.3. The zero-order chi connectivity index (χ0) is 22.8. The second-order valence-electron chi connectivity index (χ2n) is 6.86. The van der Waals surface area contributed by atoms with Gasteiger partial charge in [-0.05, 0) is 24.1 Å². The molecule has 0 radical (unpaired) electrons. The number of aliphatic hydroxyl groups is 1. The number of primary amides is 1. The van der Waals surface area contributed by atoms with Gasteiger partial charge in [0, 0.05) is 6.42 Å². The van der Waals surface area contributed by atoms with Crippen LogP contribution in [0, 0.1) is 11.3 Å². The summed E-state index contributed by atoms with van der Waals surface area (Å²) in [6.45, 7) is 1.29. The molecule has 2 rings (SSSR count). The summed E-state index contributed by atoms with van der Waals surface area (Å²) in [4.78, 5) is 36.6. The summed E-state index contributed by atoms with van der Waals surface area (Å²) in [6.07, 6.45) is -2.20. The first-order valence-corrected chi connectivity index (χ1v) is 9.54. The number of ether oxygens (including phenoxy) is 1. The van der Waals surface area contributed by atoms with Gasteiger partial charge in [-0.25, -0.2) is 4.79 Å². The summed E-state index contributed by atoms with van der Waals surface area (Å²) in [5.74, 6) is -1.64. The molecule has 3 atom stereocenters. The Balaban J connectivity index is 2.02. The summed E-state index contributed by atoms with van der Waals surface area (Å²) in [5.41, 5.74) is 7.02. The van der Waals surface area contributed by atoms with Gasteiger partial charge in [0.1, 0.15) is 18.7 Å². The van der Waals surface area contributed by atoms with Gasteiger partial charge >= 0.3 is 6.09 Å². The molecule has 0 aliphatic carbocycles. The lowest BCUT2D eigenvalue weighted by molar-refractivity contribution is -0.130. The average molecular weight is 424 g/mol. The van der Waals surface area contributed by atoms with Crippen molar-refractivity contribution >= 4 is 17.9 Å². The van der Waals surface area contributed by atoms with E-state index < -0.39 is 36.1 Å². The number of hydrogen-bond acceptors (Lipinski definition) is 6. The minimum absolute atomic E-state index is 0.0181. The molecule has 2 aromatic carbocycles. The van der Waals surface area contributed by atoms with Crippen molar-refractivity contribution in [2.75, 3.05) is 0 Å². The number of amides is 3. The fourth-order valence-electron chi connectivity index (χ4n) is 2.81. The van der Waals surface area contributed by atoms with Crippen molar-refractivity contribution in [2.45, 2.75) is 38.1 Å². The summed E-state index contributed by atoms with van der Waals surface area (Å²) in [7, 11) is 0. The molecule has 0 saturated carbocycles. The van der Waals surface area contributed by atoms with Crippen molar-refractivity contribution < 1.29 is 24.2 Å². The minimum Gasteiger partial charge on any atom is -0.445 e. The van der Waals surface area contributed by atoms with Gasteiger partial charge in [0.05, 0.1) is 17.7 Å². The average Bonchev–Trinajstić information content (AvgIpc) is 2.76. The maximum atomic E-state index is 12.6. The molecule has 0 fully saturated rings. The molecule has 0 heterocycles. The number of nitriles is 1. The number of nitrogens with two attached hydrogens (primary N) is 1. The Morgan fingerprint density at radius 2 is 1.74 bits per heavy atom. The summed E-state index contributed by atoms with van der Waals surface area (Å²) in [6, 6.07) is 15.0. The van der Waals surface area contributed by atoms with Crippen LogP contribution >= 0.6 is 0 Å². The van der Waals surface area contributed by atoms with Crippen LogP contribution in [0.25, 0.3) is 0 Å². The Morgan fingerprint density at radius 1 is 1.10 bits per heavy atom. The molecule has 5 N–H and O–H groups in total. The van der Waals surface area contributed by atoms with Crippen LogP contribution in [0.1, 0.15) is 23.6 Å². The molecule has 9 heteroatoms. The lowest BCUT2D eigenvalue weighted by Gasteiger charge is -2.23. The highest BCUT2D eigenvalue weighted by atomic mass is 16.5. The Labute approximate surface area is 179 Å². The van der Waals surface area contributed by atoms with Crippen LogP contribution in [-0.4, -0.2) is 41.2 Å². The van der Waals surface area contributed by atoms with E-state index in [-0.39, 0.29) is 13.0 Å². The lowest BCUT2D eigenvalue weighted by atomic mass is 10.00. The molecule has 0 bridgehead atoms. The monoisotopic (exact) mass is 424 g/mol. The quantitative estimate of drug-likeness (QED) is 0.466. The predicted molar refractivity (Wildman–Crippen MR) is 111 cm³/mol. The van der Waals surface area contributed by atoms with Crippen LogP contribution < -0.4 is 16.4 Å². The molecular formula is C22H24N4O5. The van der Waals surface area contributed by atoms with E-state index in [2.05, 4.69) is 10.6 Å². The fraction of sp³-hybridized carbons (Fsp3) is 0.273. The minimum atomic E-state index is -1.38. The first-order chi connectivity index (χ1) is 14.8. The molecule has 0 saturated heterocycles. The molecule has 0 unspecified atom stereocenters. The van der Waals surface area contributed by atoms with Gasteiger partial charge in [-0.3, -0.25) is 9.59 Å². The van der Waals surface area contributed by atoms with Crippen LogP contribution in [-0.2, 0) is 27.4 Å². The molecule has 31 heavy (non-hydrogen) atoms. The summed E-state index contributed by atoms with van der Waals surface area (Å²) < 4.78 is 5.07. The van der Waals surface area contributed by atoms with Gasteiger partial charge in [0.2, 0.25) is 11.8 Å². The third kappa shape index (κ3) is 7.13. The van der Waals surface area contributed by atoms with E-state index in [0.717, 1.165) is 5.56 Å². The van der Waals surface area contributed by atoms with Crippen molar-refractivity contribution in [1.29, 1.82) is 5.26 Å². The topological polar surface area (TPSA) is 155 Å². The number of nitrogens with zero attached hydrogens (tertiary/aromatic N) is 1. The second-order valence-corrected chi connectivity index (χ2v) is 6.86. The largest absolute Gasteiger partial charge is 0.445 e. The van der Waals surface area contributed by atoms with E-state index in [0.29, 0.717) is 11.1 Å². The smallest absolute Gasteiger partial charge is 0.408 e. The van der Waals surface area contributed by atoms with Gasteiger partial charge in [0.25, 0.3) is 0 Å². The van der Waals surface area contributed by atoms with E-state index in [9.17, 15) is 24.8 Å². The molecule has 0 aliphatic rings.